The minimum absolute atomic E-state index is 0.381. The number of rotatable bonds is 7. The van der Waals surface area contributed by atoms with E-state index in [9.17, 15) is 0 Å². The van der Waals surface area contributed by atoms with Crippen LogP contribution >= 0.6 is 23.1 Å². The van der Waals surface area contributed by atoms with Crippen LogP contribution in [0.4, 0.5) is 0 Å². The average Bonchev–Trinajstić information content (AvgIpc) is 2.71. The van der Waals surface area contributed by atoms with Gasteiger partial charge in [-0.05, 0) is 33.2 Å². The summed E-state index contributed by atoms with van der Waals surface area (Å²) in [5.74, 6) is 1.02. The highest BCUT2D eigenvalue weighted by molar-refractivity contribution is 8.00. The van der Waals surface area contributed by atoms with Crippen molar-refractivity contribution >= 4 is 23.1 Å². The van der Waals surface area contributed by atoms with Gasteiger partial charge >= 0.3 is 0 Å². The number of hydrogen-bond acceptors (Lipinski definition) is 5. The lowest BCUT2D eigenvalue weighted by atomic mass is 9.98. The Morgan fingerprint density at radius 1 is 1.65 bits per heavy atom. The topological polar surface area (TPSA) is 48.7 Å². The molecule has 0 radical (unpaired) electrons. The van der Waals surface area contributed by atoms with Gasteiger partial charge in [0.15, 0.2) is 0 Å². The van der Waals surface area contributed by atoms with Crippen LogP contribution in [0.1, 0.15) is 32.4 Å². The van der Waals surface area contributed by atoms with E-state index in [0.29, 0.717) is 0 Å². The smallest absolute Gasteiger partial charge is 0.150 e. The van der Waals surface area contributed by atoms with Gasteiger partial charge in [-0.15, -0.1) is 11.3 Å². The second-order valence-corrected chi connectivity index (χ2v) is 6.38. The number of nitrogens with one attached hydrogen (secondary N) is 1. The molecule has 0 aliphatic rings. The molecule has 1 heterocycles. The summed E-state index contributed by atoms with van der Waals surface area (Å²) < 4.78 is 1.13. The largest absolute Gasteiger partial charge is 0.300 e. The standard InChI is InChI=1S/C12H19N3S2/c1-4-14-12(3,9-13)6-5-7-16-11-15-10(2)8-17-11/h8,14H,4-7H2,1-3H3. The van der Waals surface area contributed by atoms with Crippen LogP contribution in [0.15, 0.2) is 9.72 Å². The van der Waals surface area contributed by atoms with Crippen LogP contribution in [0.2, 0.25) is 0 Å². The molecule has 1 aromatic rings. The Bertz CT molecular complexity index is 383. The van der Waals surface area contributed by atoms with Gasteiger partial charge in [0.1, 0.15) is 9.88 Å². The lowest BCUT2D eigenvalue weighted by molar-refractivity contribution is 0.426. The van der Waals surface area contributed by atoms with Crippen molar-refractivity contribution < 1.29 is 0 Å². The molecule has 0 spiro atoms. The van der Waals surface area contributed by atoms with Crippen molar-refractivity contribution in [1.82, 2.24) is 10.3 Å². The van der Waals surface area contributed by atoms with E-state index in [4.69, 9.17) is 5.26 Å². The molecule has 17 heavy (non-hydrogen) atoms. The highest BCUT2D eigenvalue weighted by Gasteiger charge is 2.21. The van der Waals surface area contributed by atoms with E-state index in [0.717, 1.165) is 35.2 Å². The van der Waals surface area contributed by atoms with Gasteiger partial charge in [0, 0.05) is 16.8 Å². The molecule has 1 N–H and O–H groups in total. The second-order valence-electron chi connectivity index (χ2n) is 4.18. The van der Waals surface area contributed by atoms with E-state index in [1.165, 1.54) is 0 Å². The predicted molar refractivity (Wildman–Crippen MR) is 74.5 cm³/mol. The molecular formula is C12H19N3S2. The fraction of sp³-hybridized carbons (Fsp3) is 0.667. The first kappa shape index (κ1) is 14.5. The van der Waals surface area contributed by atoms with E-state index < -0.39 is 0 Å². The van der Waals surface area contributed by atoms with Crippen molar-refractivity contribution in [2.45, 2.75) is 43.5 Å². The normalized spacial score (nSPS) is 14.2. The fourth-order valence-electron chi connectivity index (χ4n) is 1.56. The molecule has 0 aliphatic heterocycles. The van der Waals surface area contributed by atoms with Gasteiger partial charge < -0.3 is 0 Å². The molecule has 0 fully saturated rings. The minimum atomic E-state index is -0.381. The molecule has 5 heteroatoms. The summed E-state index contributed by atoms with van der Waals surface area (Å²) >= 11 is 3.48. The SMILES string of the molecule is CCNC(C)(C#N)CCCSc1nc(C)cs1. The predicted octanol–water partition coefficient (Wildman–Crippen LogP) is 3.22. The number of thiazole rings is 1. The first-order valence-corrected chi connectivity index (χ1v) is 7.67. The van der Waals surface area contributed by atoms with E-state index in [-0.39, 0.29) is 5.54 Å². The third kappa shape index (κ3) is 5.07. The van der Waals surface area contributed by atoms with Gasteiger partial charge in [-0.1, -0.05) is 18.7 Å². The van der Waals surface area contributed by atoms with E-state index in [1.807, 2.05) is 20.8 Å². The van der Waals surface area contributed by atoms with Gasteiger partial charge in [-0.25, -0.2) is 4.98 Å². The van der Waals surface area contributed by atoms with Crippen LogP contribution in [0, 0.1) is 18.3 Å². The van der Waals surface area contributed by atoms with Crippen molar-refractivity contribution in [2.24, 2.45) is 0 Å². The number of nitriles is 1. The molecule has 3 nitrogen and oxygen atoms in total. The van der Waals surface area contributed by atoms with Crippen molar-refractivity contribution in [3.8, 4) is 6.07 Å². The van der Waals surface area contributed by atoms with E-state index in [2.05, 4.69) is 21.8 Å². The van der Waals surface area contributed by atoms with E-state index >= 15 is 0 Å². The third-order valence-electron chi connectivity index (χ3n) is 2.46. The van der Waals surface area contributed by atoms with Crippen LogP contribution in [-0.4, -0.2) is 22.8 Å². The molecule has 1 aromatic heterocycles. The van der Waals surface area contributed by atoms with Crippen molar-refractivity contribution in [3.05, 3.63) is 11.1 Å². The summed E-state index contributed by atoms with van der Waals surface area (Å²) in [6.45, 7) is 6.85. The lowest BCUT2D eigenvalue weighted by Crippen LogP contribution is -2.40. The highest BCUT2D eigenvalue weighted by atomic mass is 32.2. The maximum atomic E-state index is 9.11. The van der Waals surface area contributed by atoms with Gasteiger partial charge in [0.05, 0.1) is 6.07 Å². The van der Waals surface area contributed by atoms with Crippen molar-refractivity contribution in [2.75, 3.05) is 12.3 Å². The zero-order valence-electron chi connectivity index (χ0n) is 10.6. The van der Waals surface area contributed by atoms with Crippen LogP contribution in [-0.2, 0) is 0 Å². The first-order chi connectivity index (χ1) is 8.09. The molecule has 0 saturated heterocycles. The second kappa shape index (κ2) is 7.00. The molecule has 0 aliphatic carbocycles. The Labute approximate surface area is 112 Å². The molecule has 1 rings (SSSR count). The Balaban J connectivity index is 2.26. The number of thioether (sulfide) groups is 1. The third-order valence-corrected chi connectivity index (χ3v) is 4.68. The Kier molecular flexibility index (Phi) is 5.96. The van der Waals surface area contributed by atoms with Crippen LogP contribution in [0.5, 0.6) is 0 Å². The van der Waals surface area contributed by atoms with E-state index in [1.54, 1.807) is 23.1 Å². The molecule has 0 amide bonds. The Morgan fingerprint density at radius 3 is 2.94 bits per heavy atom. The number of aryl methyl sites for hydroxylation is 1. The summed E-state index contributed by atoms with van der Waals surface area (Å²) in [6, 6.07) is 2.35. The van der Waals surface area contributed by atoms with Crippen molar-refractivity contribution in [1.29, 1.82) is 5.26 Å². The molecule has 1 unspecified atom stereocenters. The fourth-order valence-corrected chi connectivity index (χ4v) is 3.42. The molecule has 0 bridgehead atoms. The molecule has 94 valence electrons. The molecular weight excluding hydrogens is 250 g/mol. The summed E-state index contributed by atoms with van der Waals surface area (Å²) in [7, 11) is 0. The maximum Gasteiger partial charge on any atom is 0.150 e. The van der Waals surface area contributed by atoms with Crippen molar-refractivity contribution in [3.63, 3.8) is 0 Å². The first-order valence-electron chi connectivity index (χ1n) is 5.81. The quantitative estimate of drug-likeness (QED) is 0.610. The minimum Gasteiger partial charge on any atom is -0.300 e. The summed E-state index contributed by atoms with van der Waals surface area (Å²) in [6.07, 6.45) is 1.91. The maximum absolute atomic E-state index is 9.11. The van der Waals surface area contributed by atoms with Gasteiger partial charge in [-0.2, -0.15) is 5.26 Å². The zero-order valence-corrected chi connectivity index (χ0v) is 12.2. The van der Waals surface area contributed by atoms with Crippen LogP contribution in [0.25, 0.3) is 0 Å². The van der Waals surface area contributed by atoms with Gasteiger partial charge in [0.25, 0.3) is 0 Å². The summed E-state index contributed by atoms with van der Waals surface area (Å²) in [5, 5.41) is 14.4. The Morgan fingerprint density at radius 2 is 2.41 bits per heavy atom. The molecule has 1 atom stereocenters. The highest BCUT2D eigenvalue weighted by Crippen LogP contribution is 2.24. The van der Waals surface area contributed by atoms with Gasteiger partial charge in [-0.3, -0.25) is 5.32 Å². The monoisotopic (exact) mass is 269 g/mol. The van der Waals surface area contributed by atoms with Gasteiger partial charge in [0.2, 0.25) is 0 Å². The number of nitrogens with zero attached hydrogens (tertiary/aromatic N) is 2. The van der Waals surface area contributed by atoms with Crippen LogP contribution < -0.4 is 5.32 Å². The summed E-state index contributed by atoms with van der Waals surface area (Å²) in [5.41, 5.74) is 0.709. The number of hydrogen-bond donors (Lipinski definition) is 1. The average molecular weight is 269 g/mol. The Hall–Kier alpha value is -0.570. The zero-order chi connectivity index (χ0) is 12.7. The molecule has 0 aromatic carbocycles. The summed E-state index contributed by atoms with van der Waals surface area (Å²) in [4.78, 5) is 4.40. The number of aromatic nitrogens is 1. The molecule has 0 saturated carbocycles. The lowest BCUT2D eigenvalue weighted by Gasteiger charge is -2.21. The van der Waals surface area contributed by atoms with Crippen LogP contribution in [0.3, 0.4) is 0 Å².